The zero-order chi connectivity index (χ0) is 27.7. The number of nitrogens with zero attached hydrogens (tertiary/aromatic N) is 2. The topological polar surface area (TPSA) is 112 Å². The molecule has 0 unspecified atom stereocenters. The average molecular weight is 509 g/mol. The SMILES string of the molecule is CC(C)(C)OC(=O)N1CCN(Cc2ccccc2)C(=O)C1.CC(C)(C)OC(=O)OC(=O)OC(C)(C)C. The molecule has 2 amide bonds. The largest absolute Gasteiger partial charge is 0.519 e. The van der Waals surface area contributed by atoms with E-state index < -0.39 is 35.2 Å². The van der Waals surface area contributed by atoms with Gasteiger partial charge >= 0.3 is 18.4 Å². The van der Waals surface area contributed by atoms with Crippen LogP contribution in [0.15, 0.2) is 30.3 Å². The Morgan fingerprint density at radius 1 is 0.750 bits per heavy atom. The van der Waals surface area contributed by atoms with Crippen LogP contribution in [0, 0.1) is 0 Å². The highest BCUT2D eigenvalue weighted by atomic mass is 16.8. The monoisotopic (exact) mass is 508 g/mol. The summed E-state index contributed by atoms with van der Waals surface area (Å²) in [4.78, 5) is 49.4. The maximum Gasteiger partial charge on any atom is 0.519 e. The average Bonchev–Trinajstić information content (AvgIpc) is 2.66. The van der Waals surface area contributed by atoms with E-state index in [4.69, 9.17) is 14.2 Å². The fraction of sp³-hybridized carbons (Fsp3) is 0.615. The van der Waals surface area contributed by atoms with Crippen molar-refractivity contribution in [1.82, 2.24) is 9.80 Å². The van der Waals surface area contributed by atoms with Crippen molar-refractivity contribution in [2.24, 2.45) is 0 Å². The van der Waals surface area contributed by atoms with Gasteiger partial charge in [-0.25, -0.2) is 14.4 Å². The molecular formula is C26H40N2O8. The number of rotatable bonds is 2. The van der Waals surface area contributed by atoms with Crippen LogP contribution < -0.4 is 0 Å². The van der Waals surface area contributed by atoms with E-state index in [2.05, 4.69) is 4.74 Å². The molecule has 10 nitrogen and oxygen atoms in total. The summed E-state index contributed by atoms with van der Waals surface area (Å²) in [6.07, 6.45) is -2.54. The molecule has 202 valence electrons. The van der Waals surface area contributed by atoms with E-state index in [1.54, 1.807) is 46.4 Å². The predicted molar refractivity (Wildman–Crippen MR) is 133 cm³/mol. The number of hydrogen-bond donors (Lipinski definition) is 0. The summed E-state index contributed by atoms with van der Waals surface area (Å²) in [5.74, 6) is -0.0454. The molecule has 0 aromatic heterocycles. The molecule has 0 bridgehead atoms. The number of ether oxygens (including phenoxy) is 4. The summed E-state index contributed by atoms with van der Waals surface area (Å²) in [6, 6.07) is 9.85. The van der Waals surface area contributed by atoms with E-state index in [1.165, 1.54) is 4.90 Å². The Balaban J connectivity index is 0.000000384. The first kappa shape index (κ1) is 30.7. The van der Waals surface area contributed by atoms with Crippen LogP contribution in [0.4, 0.5) is 14.4 Å². The summed E-state index contributed by atoms with van der Waals surface area (Å²) >= 11 is 0. The zero-order valence-corrected chi connectivity index (χ0v) is 22.9. The van der Waals surface area contributed by atoms with Gasteiger partial charge in [-0.05, 0) is 67.9 Å². The summed E-state index contributed by atoms with van der Waals surface area (Å²) in [6.45, 7) is 17.2. The van der Waals surface area contributed by atoms with Gasteiger partial charge in [-0.1, -0.05) is 30.3 Å². The molecule has 1 aliphatic rings. The molecule has 0 saturated carbocycles. The molecule has 0 N–H and O–H groups in total. The minimum atomic E-state index is -1.06. The van der Waals surface area contributed by atoms with E-state index in [0.717, 1.165) is 5.56 Å². The highest BCUT2D eigenvalue weighted by molar-refractivity contribution is 5.83. The first-order chi connectivity index (χ1) is 16.3. The lowest BCUT2D eigenvalue weighted by Crippen LogP contribution is -2.52. The number of benzene rings is 1. The van der Waals surface area contributed by atoms with E-state index >= 15 is 0 Å². The smallest absolute Gasteiger partial charge is 0.444 e. The van der Waals surface area contributed by atoms with Gasteiger partial charge < -0.3 is 23.8 Å². The van der Waals surface area contributed by atoms with E-state index in [-0.39, 0.29) is 12.5 Å². The van der Waals surface area contributed by atoms with Crippen LogP contribution >= 0.6 is 0 Å². The van der Waals surface area contributed by atoms with Crippen molar-refractivity contribution in [2.75, 3.05) is 19.6 Å². The Labute approximate surface area is 213 Å². The quantitative estimate of drug-likeness (QED) is 0.307. The standard InChI is InChI=1S/C16H22N2O3.C10H18O5/c1-16(2,3)21-15(20)18-10-9-17(14(19)12-18)11-13-7-5-4-6-8-13;1-9(2,3)14-7(11)13-8(12)15-10(4,5)6/h4-8H,9-12H2,1-3H3;1-6H3. The molecule has 1 aliphatic heterocycles. The fourth-order valence-electron chi connectivity index (χ4n) is 2.77. The van der Waals surface area contributed by atoms with Gasteiger partial charge in [-0.2, -0.15) is 0 Å². The van der Waals surface area contributed by atoms with Crippen LogP contribution in [-0.2, 0) is 30.3 Å². The van der Waals surface area contributed by atoms with Crippen LogP contribution in [0.2, 0.25) is 0 Å². The molecule has 0 atom stereocenters. The lowest BCUT2D eigenvalue weighted by molar-refractivity contribution is -0.136. The lowest BCUT2D eigenvalue weighted by Gasteiger charge is -2.35. The maximum absolute atomic E-state index is 12.2. The van der Waals surface area contributed by atoms with Gasteiger partial charge in [0.05, 0.1) is 0 Å². The van der Waals surface area contributed by atoms with Crippen LogP contribution in [-0.4, -0.2) is 70.5 Å². The third-order valence-electron chi connectivity index (χ3n) is 4.13. The van der Waals surface area contributed by atoms with Crippen molar-refractivity contribution in [1.29, 1.82) is 0 Å². The molecule has 1 fully saturated rings. The first-order valence-electron chi connectivity index (χ1n) is 11.8. The Hall–Kier alpha value is -3.30. The van der Waals surface area contributed by atoms with Crippen molar-refractivity contribution in [3.63, 3.8) is 0 Å². The second-order valence-electron chi connectivity index (χ2n) is 11.2. The number of hydrogen-bond acceptors (Lipinski definition) is 8. The molecule has 1 aromatic carbocycles. The zero-order valence-electron chi connectivity index (χ0n) is 22.9. The van der Waals surface area contributed by atoms with Gasteiger partial charge in [0.2, 0.25) is 5.91 Å². The Bertz CT molecular complexity index is 869. The molecule has 1 aromatic rings. The van der Waals surface area contributed by atoms with Crippen molar-refractivity contribution in [3.8, 4) is 0 Å². The highest BCUT2D eigenvalue weighted by Crippen LogP contribution is 2.14. The molecule has 1 saturated heterocycles. The van der Waals surface area contributed by atoms with Crippen molar-refractivity contribution < 1.29 is 38.1 Å². The van der Waals surface area contributed by atoms with E-state index in [9.17, 15) is 19.2 Å². The fourth-order valence-corrected chi connectivity index (χ4v) is 2.77. The molecular weight excluding hydrogens is 468 g/mol. The summed E-state index contributed by atoms with van der Waals surface area (Å²) in [5.41, 5.74) is -0.837. The minimum Gasteiger partial charge on any atom is -0.444 e. The lowest BCUT2D eigenvalue weighted by atomic mass is 10.2. The second kappa shape index (κ2) is 12.6. The summed E-state index contributed by atoms with van der Waals surface area (Å²) in [5, 5.41) is 0. The molecule has 0 spiro atoms. The minimum absolute atomic E-state index is 0.0454. The van der Waals surface area contributed by atoms with Gasteiger partial charge in [0.15, 0.2) is 0 Å². The molecule has 1 heterocycles. The van der Waals surface area contributed by atoms with Crippen LogP contribution in [0.1, 0.15) is 67.9 Å². The van der Waals surface area contributed by atoms with Gasteiger partial charge in [-0.15, -0.1) is 0 Å². The third kappa shape index (κ3) is 13.6. The van der Waals surface area contributed by atoms with Crippen molar-refractivity contribution in [3.05, 3.63) is 35.9 Å². The van der Waals surface area contributed by atoms with Crippen LogP contribution in [0.25, 0.3) is 0 Å². The van der Waals surface area contributed by atoms with Gasteiger partial charge in [-0.3, -0.25) is 9.69 Å². The Morgan fingerprint density at radius 3 is 1.64 bits per heavy atom. The van der Waals surface area contributed by atoms with Gasteiger partial charge in [0.25, 0.3) is 0 Å². The van der Waals surface area contributed by atoms with E-state index in [1.807, 2.05) is 51.1 Å². The van der Waals surface area contributed by atoms with E-state index in [0.29, 0.717) is 19.6 Å². The van der Waals surface area contributed by atoms with Crippen LogP contribution in [0.3, 0.4) is 0 Å². The number of carbonyl (C=O) groups is 4. The van der Waals surface area contributed by atoms with Crippen LogP contribution in [0.5, 0.6) is 0 Å². The second-order valence-corrected chi connectivity index (χ2v) is 11.2. The number of piperazine rings is 1. The number of amides is 2. The normalized spacial score (nSPS) is 14.3. The Morgan fingerprint density at radius 2 is 1.22 bits per heavy atom. The Kier molecular flexibility index (Phi) is 10.8. The first-order valence-corrected chi connectivity index (χ1v) is 11.8. The summed E-state index contributed by atoms with van der Waals surface area (Å²) in [7, 11) is 0. The maximum atomic E-state index is 12.2. The molecule has 0 aliphatic carbocycles. The molecule has 2 rings (SSSR count). The highest BCUT2D eigenvalue weighted by Gasteiger charge is 2.30. The molecule has 0 radical (unpaired) electrons. The summed E-state index contributed by atoms with van der Waals surface area (Å²) < 4.78 is 19.1. The van der Waals surface area contributed by atoms with Crippen molar-refractivity contribution in [2.45, 2.75) is 85.7 Å². The van der Waals surface area contributed by atoms with Gasteiger partial charge in [0.1, 0.15) is 23.3 Å². The molecule has 36 heavy (non-hydrogen) atoms. The number of carbonyl (C=O) groups excluding carboxylic acids is 4. The predicted octanol–water partition coefficient (Wildman–Crippen LogP) is 5.14. The molecule has 10 heteroatoms. The van der Waals surface area contributed by atoms with Gasteiger partial charge in [0, 0.05) is 19.6 Å². The van der Waals surface area contributed by atoms with Crippen molar-refractivity contribution >= 4 is 24.3 Å². The third-order valence-corrected chi connectivity index (χ3v) is 4.13.